The molecule has 2 N–H and O–H groups in total. The molecule has 1 rings (SSSR count). The maximum Gasteiger partial charge on any atom is 0.573 e. The SMILES string of the molecule is Cc1cc(N)cc(C)c1OC(F)(F)F. The van der Waals surface area contributed by atoms with Crippen molar-refractivity contribution in [2.75, 3.05) is 5.73 Å². The van der Waals surface area contributed by atoms with Crippen LogP contribution in [0.2, 0.25) is 0 Å². The monoisotopic (exact) mass is 205 g/mol. The van der Waals surface area contributed by atoms with Crippen LogP contribution in [0.5, 0.6) is 5.75 Å². The molecular weight excluding hydrogens is 195 g/mol. The van der Waals surface area contributed by atoms with Crippen molar-refractivity contribution in [1.29, 1.82) is 0 Å². The molecule has 0 spiro atoms. The van der Waals surface area contributed by atoms with E-state index < -0.39 is 6.36 Å². The fraction of sp³-hybridized carbons (Fsp3) is 0.333. The summed E-state index contributed by atoms with van der Waals surface area (Å²) in [7, 11) is 0. The molecule has 1 aromatic carbocycles. The van der Waals surface area contributed by atoms with Gasteiger partial charge in [-0.2, -0.15) is 0 Å². The molecule has 5 heteroatoms. The molecule has 0 aliphatic rings. The number of hydrogen-bond acceptors (Lipinski definition) is 2. The van der Waals surface area contributed by atoms with Gasteiger partial charge in [0.2, 0.25) is 0 Å². The second kappa shape index (κ2) is 3.40. The van der Waals surface area contributed by atoms with Gasteiger partial charge in [-0.3, -0.25) is 0 Å². The fourth-order valence-corrected chi connectivity index (χ4v) is 1.26. The summed E-state index contributed by atoms with van der Waals surface area (Å²) in [5.41, 5.74) is 6.63. The summed E-state index contributed by atoms with van der Waals surface area (Å²) < 4.78 is 39.7. The average Bonchev–Trinajstić information content (AvgIpc) is 1.95. The summed E-state index contributed by atoms with van der Waals surface area (Å²) in [6, 6.07) is 2.88. The summed E-state index contributed by atoms with van der Waals surface area (Å²) in [6.45, 7) is 3.04. The molecule has 0 aliphatic heterocycles. The van der Waals surface area contributed by atoms with Crippen LogP contribution < -0.4 is 10.5 Å². The van der Waals surface area contributed by atoms with Crippen LogP contribution in [0.15, 0.2) is 12.1 Å². The van der Waals surface area contributed by atoms with E-state index in [1.54, 1.807) is 0 Å². The molecule has 78 valence electrons. The van der Waals surface area contributed by atoms with Crippen molar-refractivity contribution < 1.29 is 17.9 Å². The number of benzene rings is 1. The van der Waals surface area contributed by atoms with E-state index in [-0.39, 0.29) is 5.75 Å². The Labute approximate surface area is 79.5 Å². The Balaban J connectivity index is 3.09. The van der Waals surface area contributed by atoms with E-state index in [4.69, 9.17) is 5.73 Å². The summed E-state index contributed by atoms with van der Waals surface area (Å²) in [5.74, 6) is -0.174. The van der Waals surface area contributed by atoms with Gasteiger partial charge >= 0.3 is 6.36 Å². The Morgan fingerprint density at radius 1 is 1.14 bits per heavy atom. The van der Waals surface area contributed by atoms with Crippen LogP contribution in [0.3, 0.4) is 0 Å². The molecule has 0 bridgehead atoms. The Hall–Kier alpha value is -1.39. The van der Waals surface area contributed by atoms with Gasteiger partial charge < -0.3 is 10.5 Å². The van der Waals surface area contributed by atoms with Crippen LogP contribution in [-0.4, -0.2) is 6.36 Å². The van der Waals surface area contributed by atoms with E-state index in [1.165, 1.54) is 26.0 Å². The van der Waals surface area contributed by atoms with Gasteiger partial charge in [-0.05, 0) is 37.1 Å². The summed E-state index contributed by atoms with van der Waals surface area (Å²) in [6.07, 6.45) is -4.66. The Morgan fingerprint density at radius 2 is 1.57 bits per heavy atom. The fourth-order valence-electron chi connectivity index (χ4n) is 1.26. The first-order valence-electron chi connectivity index (χ1n) is 3.92. The first-order chi connectivity index (χ1) is 6.29. The highest BCUT2D eigenvalue weighted by Gasteiger charge is 2.32. The minimum absolute atomic E-state index is 0.174. The van der Waals surface area contributed by atoms with Crippen molar-refractivity contribution in [3.05, 3.63) is 23.3 Å². The molecule has 0 saturated carbocycles. The molecule has 1 aromatic rings. The van der Waals surface area contributed by atoms with Crippen LogP contribution in [0.4, 0.5) is 18.9 Å². The quantitative estimate of drug-likeness (QED) is 0.715. The van der Waals surface area contributed by atoms with Gasteiger partial charge in [0.15, 0.2) is 0 Å². The number of aryl methyl sites for hydroxylation is 2. The zero-order chi connectivity index (χ0) is 10.9. The smallest absolute Gasteiger partial charge is 0.405 e. The Morgan fingerprint density at radius 3 is 1.93 bits per heavy atom. The van der Waals surface area contributed by atoms with Crippen molar-refractivity contribution >= 4 is 5.69 Å². The molecule has 0 saturated heterocycles. The standard InChI is InChI=1S/C9H10F3NO/c1-5-3-7(13)4-6(2)8(5)14-9(10,11)12/h3-4H,13H2,1-2H3. The lowest BCUT2D eigenvalue weighted by atomic mass is 10.1. The van der Waals surface area contributed by atoms with E-state index in [0.29, 0.717) is 16.8 Å². The van der Waals surface area contributed by atoms with Crippen LogP contribution in [0.1, 0.15) is 11.1 Å². The second-order valence-electron chi connectivity index (χ2n) is 3.03. The number of hydrogen-bond donors (Lipinski definition) is 1. The minimum Gasteiger partial charge on any atom is -0.405 e. The number of anilines is 1. The normalized spacial score (nSPS) is 11.5. The number of halogens is 3. The van der Waals surface area contributed by atoms with Gasteiger partial charge in [-0.25, -0.2) is 0 Å². The molecule has 0 unspecified atom stereocenters. The molecule has 0 atom stereocenters. The van der Waals surface area contributed by atoms with Crippen LogP contribution in [0, 0.1) is 13.8 Å². The third kappa shape index (κ3) is 2.55. The average molecular weight is 205 g/mol. The lowest BCUT2D eigenvalue weighted by Gasteiger charge is -2.14. The Bertz CT molecular complexity index is 323. The summed E-state index contributed by atoms with van der Waals surface area (Å²) in [5, 5.41) is 0. The van der Waals surface area contributed by atoms with Crippen LogP contribution in [0.25, 0.3) is 0 Å². The highest BCUT2D eigenvalue weighted by molar-refractivity contribution is 5.52. The largest absolute Gasteiger partial charge is 0.573 e. The molecule has 0 fully saturated rings. The zero-order valence-electron chi connectivity index (χ0n) is 7.77. The predicted octanol–water partition coefficient (Wildman–Crippen LogP) is 2.78. The van der Waals surface area contributed by atoms with E-state index in [9.17, 15) is 13.2 Å². The second-order valence-corrected chi connectivity index (χ2v) is 3.03. The topological polar surface area (TPSA) is 35.2 Å². The van der Waals surface area contributed by atoms with Gasteiger partial charge in [0.25, 0.3) is 0 Å². The van der Waals surface area contributed by atoms with Crippen molar-refractivity contribution in [2.24, 2.45) is 0 Å². The summed E-state index contributed by atoms with van der Waals surface area (Å²) >= 11 is 0. The predicted molar refractivity (Wildman–Crippen MR) is 47.0 cm³/mol. The van der Waals surface area contributed by atoms with Crippen molar-refractivity contribution in [3.8, 4) is 5.75 Å². The van der Waals surface area contributed by atoms with Crippen molar-refractivity contribution in [2.45, 2.75) is 20.2 Å². The summed E-state index contributed by atoms with van der Waals surface area (Å²) in [4.78, 5) is 0. The molecule has 14 heavy (non-hydrogen) atoms. The van der Waals surface area contributed by atoms with Gasteiger partial charge in [-0.1, -0.05) is 0 Å². The molecule has 0 aliphatic carbocycles. The molecule has 0 radical (unpaired) electrons. The number of nitrogen functional groups attached to an aromatic ring is 1. The van der Waals surface area contributed by atoms with E-state index in [1.807, 2.05) is 0 Å². The lowest BCUT2D eigenvalue weighted by molar-refractivity contribution is -0.275. The number of alkyl halides is 3. The van der Waals surface area contributed by atoms with E-state index >= 15 is 0 Å². The molecular formula is C9H10F3NO. The maximum atomic E-state index is 11.9. The van der Waals surface area contributed by atoms with Crippen molar-refractivity contribution in [3.63, 3.8) is 0 Å². The van der Waals surface area contributed by atoms with E-state index in [2.05, 4.69) is 4.74 Å². The maximum absolute atomic E-state index is 11.9. The first-order valence-corrected chi connectivity index (χ1v) is 3.92. The van der Waals surface area contributed by atoms with Crippen LogP contribution in [-0.2, 0) is 0 Å². The van der Waals surface area contributed by atoms with Gasteiger partial charge in [0.05, 0.1) is 0 Å². The lowest BCUT2D eigenvalue weighted by Crippen LogP contribution is -2.18. The number of nitrogens with two attached hydrogens (primary N) is 1. The first kappa shape index (κ1) is 10.7. The van der Waals surface area contributed by atoms with Gasteiger partial charge in [-0.15, -0.1) is 13.2 Å². The highest BCUT2D eigenvalue weighted by atomic mass is 19.4. The van der Waals surface area contributed by atoms with Gasteiger partial charge in [0.1, 0.15) is 5.75 Å². The minimum atomic E-state index is -4.66. The van der Waals surface area contributed by atoms with Gasteiger partial charge in [0, 0.05) is 5.69 Å². The number of ether oxygens (including phenoxy) is 1. The molecule has 2 nitrogen and oxygen atoms in total. The zero-order valence-corrected chi connectivity index (χ0v) is 7.77. The number of rotatable bonds is 1. The third-order valence-electron chi connectivity index (χ3n) is 1.70. The van der Waals surface area contributed by atoms with Crippen molar-refractivity contribution in [1.82, 2.24) is 0 Å². The molecule has 0 heterocycles. The van der Waals surface area contributed by atoms with Crippen LogP contribution >= 0.6 is 0 Å². The third-order valence-corrected chi connectivity index (χ3v) is 1.70. The highest BCUT2D eigenvalue weighted by Crippen LogP contribution is 2.30. The molecule has 0 amide bonds. The molecule has 0 aromatic heterocycles. The van der Waals surface area contributed by atoms with E-state index in [0.717, 1.165) is 0 Å². The Kier molecular flexibility index (Phi) is 2.59.